The van der Waals surface area contributed by atoms with E-state index in [9.17, 15) is 4.79 Å². The molecule has 1 aliphatic rings. The molecule has 0 aliphatic carbocycles. The maximum Gasteiger partial charge on any atom is 0.262 e. The Bertz CT molecular complexity index is 1140. The van der Waals surface area contributed by atoms with Crippen molar-refractivity contribution in [2.24, 2.45) is 0 Å². The number of benzene rings is 3. The van der Waals surface area contributed by atoms with Gasteiger partial charge in [-0.25, -0.2) is 4.98 Å². The topological polar surface area (TPSA) is 58.1 Å². The van der Waals surface area contributed by atoms with Gasteiger partial charge in [-0.2, -0.15) is 0 Å². The molecule has 0 saturated carbocycles. The highest BCUT2D eigenvalue weighted by Crippen LogP contribution is 2.35. The fourth-order valence-corrected chi connectivity index (χ4v) is 3.42. The molecular weight excluding hydrogens is 336 g/mol. The minimum atomic E-state index is -0.438. The molecule has 0 bridgehead atoms. The minimum Gasteiger partial charge on any atom is -0.359 e. The zero-order chi connectivity index (χ0) is 18.2. The van der Waals surface area contributed by atoms with Crippen LogP contribution in [0.25, 0.3) is 11.0 Å². The van der Waals surface area contributed by atoms with Gasteiger partial charge in [-0.05, 0) is 36.4 Å². The number of para-hydroxylation sites is 4. The number of rotatable bonds is 2. The van der Waals surface area contributed by atoms with Crippen LogP contribution in [0.2, 0.25) is 0 Å². The number of fused-ring (bicyclic) bond motifs is 2. The van der Waals surface area contributed by atoms with Crippen LogP contribution in [0.1, 0.15) is 22.2 Å². The van der Waals surface area contributed by atoms with Gasteiger partial charge in [0.05, 0.1) is 22.8 Å². The molecule has 130 valence electrons. The van der Waals surface area contributed by atoms with E-state index in [1.807, 2.05) is 78.9 Å². The Labute approximate surface area is 156 Å². The van der Waals surface area contributed by atoms with Gasteiger partial charge in [-0.15, -0.1) is 0 Å². The van der Waals surface area contributed by atoms with Crippen LogP contribution in [-0.2, 0) is 0 Å². The molecule has 0 unspecified atom stereocenters. The molecule has 1 aliphatic heterocycles. The standard InChI is InChI=1S/C22H16N4O/c27-22-16-10-4-5-11-17(16)25-21(26(22)15-8-2-1-3-9-15)20-14-23-18-12-6-7-13-19(18)24-20/h1-14,21,25H/t21-/m0/s1. The smallest absolute Gasteiger partial charge is 0.262 e. The van der Waals surface area contributed by atoms with Crippen molar-refractivity contribution < 1.29 is 4.79 Å². The molecule has 4 aromatic rings. The molecule has 1 N–H and O–H groups in total. The van der Waals surface area contributed by atoms with Crippen molar-refractivity contribution in [3.63, 3.8) is 0 Å². The summed E-state index contributed by atoms with van der Waals surface area (Å²) in [6, 6.07) is 24.9. The second-order valence-corrected chi connectivity index (χ2v) is 6.39. The zero-order valence-corrected chi connectivity index (χ0v) is 14.4. The molecule has 2 heterocycles. The number of anilines is 2. The molecule has 5 rings (SSSR count). The second-order valence-electron chi connectivity index (χ2n) is 6.39. The van der Waals surface area contributed by atoms with E-state index in [2.05, 4.69) is 10.3 Å². The summed E-state index contributed by atoms with van der Waals surface area (Å²) < 4.78 is 0. The SMILES string of the molecule is O=C1c2ccccc2N[C@H](c2cnc3ccccc3n2)N1c1ccccc1. The Morgan fingerprint density at radius 1 is 0.815 bits per heavy atom. The van der Waals surface area contributed by atoms with Crippen LogP contribution in [0.3, 0.4) is 0 Å². The van der Waals surface area contributed by atoms with Crippen molar-refractivity contribution in [1.29, 1.82) is 0 Å². The third kappa shape index (κ3) is 2.60. The van der Waals surface area contributed by atoms with Gasteiger partial charge in [0.2, 0.25) is 0 Å². The van der Waals surface area contributed by atoms with Gasteiger partial charge in [0.1, 0.15) is 5.69 Å². The number of carbonyl (C=O) groups is 1. The van der Waals surface area contributed by atoms with Crippen molar-refractivity contribution in [2.75, 3.05) is 10.2 Å². The average Bonchev–Trinajstić information content (AvgIpc) is 2.74. The van der Waals surface area contributed by atoms with Crippen molar-refractivity contribution in [2.45, 2.75) is 6.17 Å². The Balaban J connectivity index is 1.68. The first kappa shape index (κ1) is 15.5. The van der Waals surface area contributed by atoms with Crippen LogP contribution >= 0.6 is 0 Å². The molecule has 1 amide bonds. The molecule has 1 aromatic heterocycles. The zero-order valence-electron chi connectivity index (χ0n) is 14.4. The van der Waals surface area contributed by atoms with E-state index in [4.69, 9.17) is 4.98 Å². The fourth-order valence-electron chi connectivity index (χ4n) is 3.42. The first-order valence-corrected chi connectivity index (χ1v) is 8.77. The summed E-state index contributed by atoms with van der Waals surface area (Å²) >= 11 is 0. The molecule has 27 heavy (non-hydrogen) atoms. The van der Waals surface area contributed by atoms with E-state index in [0.29, 0.717) is 11.3 Å². The third-order valence-electron chi connectivity index (χ3n) is 4.71. The van der Waals surface area contributed by atoms with Crippen molar-refractivity contribution in [3.8, 4) is 0 Å². The lowest BCUT2D eigenvalue weighted by Gasteiger charge is -2.37. The quantitative estimate of drug-likeness (QED) is 0.581. The lowest BCUT2D eigenvalue weighted by atomic mass is 10.1. The highest BCUT2D eigenvalue weighted by atomic mass is 16.2. The summed E-state index contributed by atoms with van der Waals surface area (Å²) in [4.78, 5) is 24.3. The predicted molar refractivity (Wildman–Crippen MR) is 106 cm³/mol. The van der Waals surface area contributed by atoms with Gasteiger partial charge in [0, 0.05) is 11.4 Å². The Kier molecular flexibility index (Phi) is 3.57. The van der Waals surface area contributed by atoms with Gasteiger partial charge in [0.25, 0.3) is 5.91 Å². The van der Waals surface area contributed by atoms with Crippen LogP contribution in [-0.4, -0.2) is 15.9 Å². The summed E-state index contributed by atoms with van der Waals surface area (Å²) in [6.07, 6.45) is 1.30. The van der Waals surface area contributed by atoms with E-state index in [-0.39, 0.29) is 5.91 Å². The van der Waals surface area contributed by atoms with Crippen molar-refractivity contribution >= 4 is 28.3 Å². The number of hydrogen-bond acceptors (Lipinski definition) is 4. The maximum absolute atomic E-state index is 13.3. The van der Waals surface area contributed by atoms with E-state index < -0.39 is 6.17 Å². The number of aromatic nitrogens is 2. The van der Waals surface area contributed by atoms with Gasteiger partial charge in [-0.3, -0.25) is 14.7 Å². The molecule has 1 atom stereocenters. The molecule has 0 radical (unpaired) electrons. The van der Waals surface area contributed by atoms with E-state index in [1.54, 1.807) is 11.1 Å². The van der Waals surface area contributed by atoms with Gasteiger partial charge < -0.3 is 5.32 Å². The summed E-state index contributed by atoms with van der Waals surface area (Å²) in [5, 5.41) is 3.46. The van der Waals surface area contributed by atoms with Gasteiger partial charge >= 0.3 is 0 Å². The lowest BCUT2D eigenvalue weighted by Crippen LogP contribution is -2.43. The average molecular weight is 352 g/mol. The van der Waals surface area contributed by atoms with Crippen molar-refractivity contribution in [3.05, 3.63) is 96.3 Å². The summed E-state index contributed by atoms with van der Waals surface area (Å²) in [7, 11) is 0. The lowest BCUT2D eigenvalue weighted by molar-refractivity contribution is 0.0974. The Morgan fingerprint density at radius 3 is 2.37 bits per heavy atom. The Morgan fingerprint density at radius 2 is 1.52 bits per heavy atom. The van der Waals surface area contributed by atoms with Crippen LogP contribution in [0, 0.1) is 0 Å². The van der Waals surface area contributed by atoms with Crippen molar-refractivity contribution in [1.82, 2.24) is 9.97 Å². The first-order chi connectivity index (χ1) is 13.3. The number of carbonyl (C=O) groups excluding carboxylic acids is 1. The predicted octanol–water partition coefficient (Wildman–Crippen LogP) is 4.40. The normalized spacial score (nSPS) is 16.1. The van der Waals surface area contributed by atoms with Crippen LogP contribution in [0.15, 0.2) is 85.1 Å². The molecule has 5 nitrogen and oxygen atoms in total. The van der Waals surface area contributed by atoms with E-state index in [1.165, 1.54) is 0 Å². The highest BCUT2D eigenvalue weighted by Gasteiger charge is 2.34. The van der Waals surface area contributed by atoms with Gasteiger partial charge in [0.15, 0.2) is 6.17 Å². The largest absolute Gasteiger partial charge is 0.359 e. The van der Waals surface area contributed by atoms with Crippen LogP contribution in [0.4, 0.5) is 11.4 Å². The number of nitrogens with one attached hydrogen (secondary N) is 1. The van der Waals surface area contributed by atoms with E-state index >= 15 is 0 Å². The highest BCUT2D eigenvalue weighted by molar-refractivity contribution is 6.12. The van der Waals surface area contributed by atoms with Gasteiger partial charge in [-0.1, -0.05) is 42.5 Å². The molecule has 0 saturated heterocycles. The molecule has 0 fully saturated rings. The summed E-state index contributed by atoms with van der Waals surface area (Å²) in [5.41, 5.74) is 4.58. The second kappa shape index (κ2) is 6.21. The Hall–Kier alpha value is -3.73. The number of amides is 1. The number of hydrogen-bond donors (Lipinski definition) is 1. The fraction of sp³-hybridized carbons (Fsp3) is 0.0455. The molecular formula is C22H16N4O. The molecule has 0 spiro atoms. The number of nitrogens with zero attached hydrogens (tertiary/aromatic N) is 3. The van der Waals surface area contributed by atoms with E-state index in [0.717, 1.165) is 22.4 Å². The molecule has 3 aromatic carbocycles. The minimum absolute atomic E-state index is 0.0597. The van der Waals surface area contributed by atoms with Crippen LogP contribution in [0.5, 0.6) is 0 Å². The van der Waals surface area contributed by atoms with Crippen LogP contribution < -0.4 is 10.2 Å². The molecule has 5 heteroatoms. The summed E-state index contributed by atoms with van der Waals surface area (Å²) in [5.74, 6) is -0.0597. The maximum atomic E-state index is 13.3. The third-order valence-corrected chi connectivity index (χ3v) is 4.71. The first-order valence-electron chi connectivity index (χ1n) is 8.77. The monoisotopic (exact) mass is 352 g/mol. The summed E-state index contributed by atoms with van der Waals surface area (Å²) in [6.45, 7) is 0.